The maximum absolute atomic E-state index is 3.56. The van der Waals surface area contributed by atoms with E-state index in [1.165, 1.54) is 25.7 Å². The molecule has 1 fully saturated rings. The van der Waals surface area contributed by atoms with Gasteiger partial charge in [-0.05, 0) is 30.6 Å². The van der Waals surface area contributed by atoms with Gasteiger partial charge in [-0.2, -0.15) is 0 Å². The van der Waals surface area contributed by atoms with Gasteiger partial charge in [-0.1, -0.05) is 59.1 Å². The molecule has 0 aromatic heterocycles. The highest BCUT2D eigenvalue weighted by atomic mass is 14.9. The van der Waals surface area contributed by atoms with Gasteiger partial charge in [-0.25, -0.2) is 0 Å². The average Bonchev–Trinajstić information content (AvgIpc) is 2.23. The van der Waals surface area contributed by atoms with E-state index >= 15 is 0 Å². The lowest BCUT2D eigenvalue weighted by Crippen LogP contribution is -2.27. The Morgan fingerprint density at radius 3 is 2.47 bits per heavy atom. The topological polar surface area (TPSA) is 12.0 Å². The van der Waals surface area contributed by atoms with Crippen LogP contribution < -0.4 is 5.32 Å². The zero-order valence-corrected chi connectivity index (χ0v) is 12.4. The Balaban J connectivity index is 2.55. The molecule has 0 aromatic rings. The van der Waals surface area contributed by atoms with Crippen LogP contribution in [0.2, 0.25) is 0 Å². The highest BCUT2D eigenvalue weighted by Gasteiger charge is 2.18. The second kappa shape index (κ2) is 7.20. The molecular weight excluding hydrogens is 206 g/mol. The lowest BCUT2D eigenvalue weighted by Gasteiger charge is -2.26. The summed E-state index contributed by atoms with van der Waals surface area (Å²) < 4.78 is 0. The van der Waals surface area contributed by atoms with Crippen molar-refractivity contribution >= 4 is 0 Å². The summed E-state index contributed by atoms with van der Waals surface area (Å²) in [5.41, 5.74) is 1.61. The van der Waals surface area contributed by atoms with Crippen LogP contribution in [0.1, 0.15) is 60.3 Å². The van der Waals surface area contributed by atoms with E-state index in [4.69, 9.17) is 0 Å². The molecule has 1 rings (SSSR count). The van der Waals surface area contributed by atoms with E-state index in [1.807, 2.05) is 0 Å². The molecule has 2 unspecified atom stereocenters. The molecule has 0 spiro atoms. The summed E-state index contributed by atoms with van der Waals surface area (Å²) in [5, 5.41) is 3.56. The summed E-state index contributed by atoms with van der Waals surface area (Å²) >= 11 is 0. The number of nitrogens with one attached hydrogen (secondary N) is 1. The number of hydrogen-bond donors (Lipinski definition) is 1. The molecular formula is C16H31N. The monoisotopic (exact) mass is 237 g/mol. The van der Waals surface area contributed by atoms with Gasteiger partial charge in [0.15, 0.2) is 0 Å². The maximum atomic E-state index is 3.56. The summed E-state index contributed by atoms with van der Waals surface area (Å²) in [6.45, 7) is 12.6. The Morgan fingerprint density at radius 2 is 1.94 bits per heavy atom. The van der Waals surface area contributed by atoms with Crippen molar-refractivity contribution in [2.24, 2.45) is 17.8 Å². The normalized spacial score (nSPS) is 26.9. The molecule has 0 aromatic carbocycles. The zero-order chi connectivity index (χ0) is 12.8. The standard InChI is InChI=1S/C16H31N/c1-12(2)16(11-17-13(3)4)10-15-8-6-7-14(5)9-15/h10,12-15,17H,6-9,11H2,1-5H3. The van der Waals surface area contributed by atoms with Crippen molar-refractivity contribution in [1.82, 2.24) is 5.32 Å². The molecule has 1 aliphatic rings. The second-order valence-corrected chi connectivity index (χ2v) is 6.46. The fourth-order valence-corrected chi connectivity index (χ4v) is 2.71. The third kappa shape index (κ3) is 5.72. The van der Waals surface area contributed by atoms with Crippen molar-refractivity contribution in [2.75, 3.05) is 6.54 Å². The average molecular weight is 237 g/mol. The minimum Gasteiger partial charge on any atom is -0.311 e. The zero-order valence-electron chi connectivity index (χ0n) is 12.4. The summed E-state index contributed by atoms with van der Waals surface area (Å²) in [7, 11) is 0. The van der Waals surface area contributed by atoms with Gasteiger partial charge in [0.2, 0.25) is 0 Å². The van der Waals surface area contributed by atoms with Crippen LogP contribution in [0.5, 0.6) is 0 Å². The van der Waals surface area contributed by atoms with Crippen molar-refractivity contribution in [3.63, 3.8) is 0 Å². The van der Waals surface area contributed by atoms with Crippen LogP contribution in [0.15, 0.2) is 11.6 Å². The van der Waals surface area contributed by atoms with Crippen molar-refractivity contribution < 1.29 is 0 Å². The van der Waals surface area contributed by atoms with E-state index in [-0.39, 0.29) is 0 Å². The van der Waals surface area contributed by atoms with Crippen molar-refractivity contribution in [3.05, 3.63) is 11.6 Å². The lowest BCUT2D eigenvalue weighted by molar-refractivity contribution is 0.323. The predicted octanol–water partition coefficient (Wildman–Crippen LogP) is 4.39. The van der Waals surface area contributed by atoms with Gasteiger partial charge in [0.1, 0.15) is 0 Å². The number of rotatable bonds is 5. The smallest absolute Gasteiger partial charge is 0.0169 e. The van der Waals surface area contributed by atoms with Crippen LogP contribution in [0.4, 0.5) is 0 Å². The van der Waals surface area contributed by atoms with E-state index < -0.39 is 0 Å². The highest BCUT2D eigenvalue weighted by molar-refractivity contribution is 5.10. The Hall–Kier alpha value is -0.300. The summed E-state index contributed by atoms with van der Waals surface area (Å²) in [6.07, 6.45) is 8.24. The van der Waals surface area contributed by atoms with Gasteiger partial charge >= 0.3 is 0 Å². The molecule has 1 heteroatoms. The highest BCUT2D eigenvalue weighted by Crippen LogP contribution is 2.30. The fraction of sp³-hybridized carbons (Fsp3) is 0.875. The maximum Gasteiger partial charge on any atom is 0.0169 e. The van der Waals surface area contributed by atoms with Gasteiger partial charge in [0.05, 0.1) is 0 Å². The first-order valence-corrected chi connectivity index (χ1v) is 7.43. The van der Waals surface area contributed by atoms with Crippen molar-refractivity contribution in [1.29, 1.82) is 0 Å². The molecule has 100 valence electrons. The van der Waals surface area contributed by atoms with E-state index in [1.54, 1.807) is 5.57 Å². The van der Waals surface area contributed by atoms with Gasteiger partial charge in [-0.15, -0.1) is 0 Å². The molecule has 2 atom stereocenters. The molecule has 1 saturated carbocycles. The first kappa shape index (κ1) is 14.8. The minimum absolute atomic E-state index is 0.586. The van der Waals surface area contributed by atoms with Crippen LogP contribution in [-0.2, 0) is 0 Å². The van der Waals surface area contributed by atoms with E-state index in [2.05, 4.69) is 46.0 Å². The molecule has 0 aliphatic heterocycles. The van der Waals surface area contributed by atoms with E-state index in [0.717, 1.165) is 18.4 Å². The predicted molar refractivity (Wildman–Crippen MR) is 77.2 cm³/mol. The first-order chi connectivity index (χ1) is 7.99. The molecule has 0 bridgehead atoms. The number of allylic oxidation sites excluding steroid dienone is 1. The lowest BCUT2D eigenvalue weighted by atomic mass is 9.81. The van der Waals surface area contributed by atoms with Crippen LogP contribution in [0, 0.1) is 17.8 Å². The van der Waals surface area contributed by atoms with Crippen molar-refractivity contribution in [3.8, 4) is 0 Å². The quantitative estimate of drug-likeness (QED) is 0.699. The summed E-state index contributed by atoms with van der Waals surface area (Å²) in [6, 6.07) is 0.586. The molecule has 0 amide bonds. The van der Waals surface area contributed by atoms with Gasteiger partial charge in [0.25, 0.3) is 0 Å². The third-order valence-corrected chi connectivity index (χ3v) is 3.88. The van der Waals surface area contributed by atoms with Gasteiger partial charge in [-0.3, -0.25) is 0 Å². The number of hydrogen-bond acceptors (Lipinski definition) is 1. The Bertz CT molecular complexity index is 240. The molecule has 1 aliphatic carbocycles. The Labute approximate surface area is 108 Å². The van der Waals surface area contributed by atoms with Gasteiger partial charge in [0, 0.05) is 12.6 Å². The van der Waals surface area contributed by atoms with Crippen LogP contribution in [0.3, 0.4) is 0 Å². The molecule has 0 radical (unpaired) electrons. The Morgan fingerprint density at radius 1 is 1.24 bits per heavy atom. The van der Waals surface area contributed by atoms with E-state index in [9.17, 15) is 0 Å². The van der Waals surface area contributed by atoms with Gasteiger partial charge < -0.3 is 5.32 Å². The summed E-state index contributed by atoms with van der Waals surface area (Å²) in [5.74, 6) is 2.44. The molecule has 17 heavy (non-hydrogen) atoms. The van der Waals surface area contributed by atoms with Crippen LogP contribution in [0.25, 0.3) is 0 Å². The minimum atomic E-state index is 0.586. The molecule has 1 N–H and O–H groups in total. The fourth-order valence-electron chi connectivity index (χ4n) is 2.71. The Kier molecular flexibility index (Phi) is 6.26. The molecule has 0 saturated heterocycles. The van der Waals surface area contributed by atoms with E-state index in [0.29, 0.717) is 12.0 Å². The summed E-state index contributed by atoms with van der Waals surface area (Å²) in [4.78, 5) is 0. The van der Waals surface area contributed by atoms with Crippen molar-refractivity contribution in [2.45, 2.75) is 66.3 Å². The third-order valence-electron chi connectivity index (χ3n) is 3.88. The molecule has 1 nitrogen and oxygen atoms in total. The SMILES string of the molecule is CC1CCCC(C=C(CNC(C)C)C(C)C)C1. The van der Waals surface area contributed by atoms with Crippen LogP contribution in [-0.4, -0.2) is 12.6 Å². The van der Waals surface area contributed by atoms with Crippen LogP contribution >= 0.6 is 0 Å². The molecule has 0 heterocycles. The first-order valence-electron chi connectivity index (χ1n) is 7.43. The second-order valence-electron chi connectivity index (χ2n) is 6.46. The largest absolute Gasteiger partial charge is 0.311 e.